The number of fused-ring (bicyclic) bond motifs is 1. The lowest BCUT2D eigenvalue weighted by atomic mass is 9.97. The van der Waals surface area contributed by atoms with E-state index in [0.29, 0.717) is 13.1 Å². The van der Waals surface area contributed by atoms with Crippen molar-refractivity contribution >= 4 is 21.7 Å². The highest BCUT2D eigenvalue weighted by atomic mass is 32.2. The van der Waals surface area contributed by atoms with Gasteiger partial charge < -0.3 is 9.80 Å². The van der Waals surface area contributed by atoms with Gasteiger partial charge in [-0.15, -0.1) is 0 Å². The number of nitrogens with zero attached hydrogens (tertiary/aromatic N) is 2. The van der Waals surface area contributed by atoms with E-state index in [1.807, 2.05) is 18.2 Å². The van der Waals surface area contributed by atoms with Gasteiger partial charge in [0.25, 0.3) is 0 Å². The number of aryl methyl sites for hydroxylation is 1. The molecule has 2 heterocycles. The molecule has 0 spiro atoms. The van der Waals surface area contributed by atoms with Crippen molar-refractivity contribution in [1.82, 2.24) is 9.80 Å². The highest BCUT2D eigenvalue weighted by molar-refractivity contribution is 7.91. The van der Waals surface area contributed by atoms with Crippen LogP contribution in [0.5, 0.6) is 0 Å². The first-order chi connectivity index (χ1) is 12.4. The largest absolute Gasteiger partial charge is 0.341 e. The van der Waals surface area contributed by atoms with E-state index in [1.54, 1.807) is 4.90 Å². The zero-order valence-corrected chi connectivity index (χ0v) is 15.6. The summed E-state index contributed by atoms with van der Waals surface area (Å²) in [5.41, 5.74) is 2.45. The van der Waals surface area contributed by atoms with Crippen LogP contribution in [0.25, 0.3) is 0 Å². The molecule has 0 radical (unpaired) electrons. The van der Waals surface area contributed by atoms with Crippen molar-refractivity contribution in [1.29, 1.82) is 0 Å². The molecule has 1 aliphatic carbocycles. The van der Waals surface area contributed by atoms with Crippen molar-refractivity contribution in [3.05, 3.63) is 35.4 Å². The van der Waals surface area contributed by atoms with Crippen LogP contribution in [0.3, 0.4) is 0 Å². The molecular weight excluding hydrogens is 352 g/mol. The molecule has 1 aromatic carbocycles. The minimum atomic E-state index is -3.40. The van der Waals surface area contributed by atoms with Crippen molar-refractivity contribution in [2.45, 2.75) is 44.1 Å². The van der Waals surface area contributed by atoms with Crippen LogP contribution in [0.4, 0.5) is 0 Å². The standard InChI is InChI=1S/C19H24N2O4S/c22-18(11-15-8-7-14-5-1-2-6-16(14)15)21-13-26(24,25)12-17(21)19(23)20-9-3-4-10-20/h1-2,5-6,15,17H,3-4,7-13H2/t15?,17-/m0/s1. The molecule has 1 unspecified atom stereocenters. The topological polar surface area (TPSA) is 74.8 Å². The number of rotatable bonds is 3. The number of carbonyl (C=O) groups excluding carboxylic acids is 2. The molecule has 26 heavy (non-hydrogen) atoms. The van der Waals surface area contributed by atoms with Crippen LogP contribution < -0.4 is 0 Å². The average molecular weight is 376 g/mol. The van der Waals surface area contributed by atoms with E-state index in [1.165, 1.54) is 16.0 Å². The second kappa shape index (κ2) is 6.68. The molecular formula is C19H24N2O4S. The van der Waals surface area contributed by atoms with E-state index < -0.39 is 15.9 Å². The van der Waals surface area contributed by atoms with E-state index in [-0.39, 0.29) is 35.8 Å². The Morgan fingerprint density at radius 2 is 1.85 bits per heavy atom. The molecule has 0 bridgehead atoms. The van der Waals surface area contributed by atoms with Crippen LogP contribution in [0.2, 0.25) is 0 Å². The van der Waals surface area contributed by atoms with Gasteiger partial charge >= 0.3 is 0 Å². The van der Waals surface area contributed by atoms with E-state index in [0.717, 1.165) is 25.7 Å². The number of amides is 2. The normalized spacial score (nSPS) is 26.9. The zero-order chi connectivity index (χ0) is 18.3. The Bertz CT molecular complexity index is 830. The summed E-state index contributed by atoms with van der Waals surface area (Å²) in [6, 6.07) is 7.26. The summed E-state index contributed by atoms with van der Waals surface area (Å²) >= 11 is 0. The molecule has 2 saturated heterocycles. The molecule has 2 fully saturated rings. The Balaban J connectivity index is 1.51. The van der Waals surface area contributed by atoms with Crippen molar-refractivity contribution < 1.29 is 18.0 Å². The fourth-order valence-electron chi connectivity index (χ4n) is 4.47. The van der Waals surface area contributed by atoms with Gasteiger partial charge in [0.2, 0.25) is 11.8 Å². The van der Waals surface area contributed by atoms with Gasteiger partial charge in [-0.05, 0) is 42.7 Å². The Morgan fingerprint density at radius 3 is 2.62 bits per heavy atom. The average Bonchev–Trinajstić information content (AvgIpc) is 3.33. The molecule has 0 saturated carbocycles. The third-order valence-corrected chi connectivity index (χ3v) is 7.32. The van der Waals surface area contributed by atoms with Crippen LogP contribution in [0.1, 0.15) is 42.7 Å². The maximum Gasteiger partial charge on any atom is 0.246 e. The van der Waals surface area contributed by atoms with Crippen LogP contribution in [0.15, 0.2) is 24.3 Å². The van der Waals surface area contributed by atoms with Crippen LogP contribution in [-0.2, 0) is 25.8 Å². The predicted molar refractivity (Wildman–Crippen MR) is 97.2 cm³/mol. The first-order valence-corrected chi connectivity index (χ1v) is 11.1. The van der Waals surface area contributed by atoms with Crippen molar-refractivity contribution in [3.8, 4) is 0 Å². The maximum atomic E-state index is 12.9. The van der Waals surface area contributed by atoms with Crippen molar-refractivity contribution in [3.63, 3.8) is 0 Å². The number of likely N-dealkylation sites (tertiary alicyclic amines) is 1. The maximum absolute atomic E-state index is 12.9. The molecule has 6 nitrogen and oxygen atoms in total. The van der Waals surface area contributed by atoms with Gasteiger partial charge in [0.1, 0.15) is 11.9 Å². The summed E-state index contributed by atoms with van der Waals surface area (Å²) in [6.45, 7) is 1.32. The summed E-state index contributed by atoms with van der Waals surface area (Å²) in [5, 5.41) is 0. The van der Waals surface area contributed by atoms with Crippen molar-refractivity contribution in [2.24, 2.45) is 0 Å². The van der Waals surface area contributed by atoms with Crippen LogP contribution in [-0.4, -0.2) is 60.8 Å². The molecule has 3 aliphatic rings. The number of sulfone groups is 1. The molecule has 2 atom stereocenters. The molecule has 7 heteroatoms. The van der Waals surface area contributed by atoms with Gasteiger partial charge in [0, 0.05) is 19.5 Å². The molecule has 1 aromatic rings. The minimum Gasteiger partial charge on any atom is -0.341 e. The van der Waals surface area contributed by atoms with Crippen molar-refractivity contribution in [2.75, 3.05) is 24.7 Å². The number of carbonyl (C=O) groups is 2. The highest BCUT2D eigenvalue weighted by Crippen LogP contribution is 2.36. The smallest absolute Gasteiger partial charge is 0.246 e. The quantitative estimate of drug-likeness (QED) is 0.797. The van der Waals surface area contributed by atoms with Gasteiger partial charge in [-0.2, -0.15) is 0 Å². The fraction of sp³-hybridized carbons (Fsp3) is 0.579. The second-order valence-electron chi connectivity index (χ2n) is 7.59. The summed E-state index contributed by atoms with van der Waals surface area (Å²) < 4.78 is 24.3. The third-order valence-electron chi connectivity index (χ3n) is 5.83. The number of hydrogen-bond donors (Lipinski definition) is 0. The van der Waals surface area contributed by atoms with Gasteiger partial charge in [-0.1, -0.05) is 24.3 Å². The van der Waals surface area contributed by atoms with Gasteiger partial charge in [0.15, 0.2) is 9.84 Å². The molecule has 0 N–H and O–H groups in total. The zero-order valence-electron chi connectivity index (χ0n) is 14.8. The first-order valence-electron chi connectivity index (χ1n) is 9.31. The molecule has 4 rings (SSSR count). The molecule has 0 aromatic heterocycles. The Hall–Kier alpha value is -1.89. The van der Waals surface area contributed by atoms with Crippen LogP contribution in [0, 0.1) is 0 Å². The third kappa shape index (κ3) is 3.24. The minimum absolute atomic E-state index is 0.115. The molecule has 2 aliphatic heterocycles. The predicted octanol–water partition coefficient (Wildman–Crippen LogP) is 1.31. The monoisotopic (exact) mass is 376 g/mol. The Labute approximate surface area is 154 Å². The molecule has 2 amide bonds. The van der Waals surface area contributed by atoms with Gasteiger partial charge in [-0.3, -0.25) is 9.59 Å². The highest BCUT2D eigenvalue weighted by Gasteiger charge is 2.44. The Kier molecular flexibility index (Phi) is 4.50. The molecule has 140 valence electrons. The fourth-order valence-corrected chi connectivity index (χ4v) is 6.13. The lowest BCUT2D eigenvalue weighted by Crippen LogP contribution is -2.48. The first kappa shape index (κ1) is 17.5. The van der Waals surface area contributed by atoms with E-state index >= 15 is 0 Å². The second-order valence-corrected chi connectivity index (χ2v) is 9.67. The summed E-state index contributed by atoms with van der Waals surface area (Å²) in [4.78, 5) is 28.7. The SMILES string of the molecule is O=C([C@@H]1CS(=O)(=O)CN1C(=O)CC1CCc2ccccc21)N1CCCC1. The summed E-state index contributed by atoms with van der Waals surface area (Å²) in [6.07, 6.45) is 4.01. The number of benzene rings is 1. The Morgan fingerprint density at radius 1 is 1.12 bits per heavy atom. The van der Waals surface area contributed by atoms with E-state index in [9.17, 15) is 18.0 Å². The number of hydrogen-bond acceptors (Lipinski definition) is 4. The summed E-state index contributed by atoms with van der Waals surface area (Å²) in [7, 11) is -3.40. The van der Waals surface area contributed by atoms with Gasteiger partial charge in [0.05, 0.1) is 5.75 Å². The summed E-state index contributed by atoms with van der Waals surface area (Å²) in [5.74, 6) is -0.877. The lowest BCUT2D eigenvalue weighted by Gasteiger charge is -2.27. The van der Waals surface area contributed by atoms with Crippen LogP contribution >= 0.6 is 0 Å². The van der Waals surface area contributed by atoms with Gasteiger partial charge in [-0.25, -0.2) is 8.42 Å². The van der Waals surface area contributed by atoms with E-state index in [4.69, 9.17) is 0 Å². The lowest BCUT2D eigenvalue weighted by molar-refractivity contribution is -0.142. The van der Waals surface area contributed by atoms with E-state index in [2.05, 4.69) is 6.07 Å².